The number of rotatable bonds is 8. The molecule has 2 heterocycles. The largest absolute Gasteiger partial charge is 0.492 e. The molecule has 2 saturated heterocycles. The molecule has 1 atom stereocenters. The number of ether oxygens (including phenoxy) is 1. The van der Waals surface area contributed by atoms with Gasteiger partial charge in [0.2, 0.25) is 0 Å². The van der Waals surface area contributed by atoms with Crippen molar-refractivity contribution in [2.24, 2.45) is 5.92 Å². The number of carbonyl (C=O) groups excluding carboxylic acids is 1. The maximum atomic E-state index is 12.6. The Kier molecular flexibility index (Phi) is 7.27. The van der Waals surface area contributed by atoms with E-state index < -0.39 is 0 Å². The van der Waals surface area contributed by atoms with Crippen molar-refractivity contribution < 1.29 is 9.53 Å². The molecular formula is C28H37N3O2. The van der Waals surface area contributed by atoms with E-state index in [0.717, 1.165) is 31.7 Å². The lowest BCUT2D eigenvalue weighted by Gasteiger charge is -2.42. The Labute approximate surface area is 198 Å². The third-order valence-electron chi connectivity index (χ3n) is 7.39. The highest BCUT2D eigenvalue weighted by molar-refractivity contribution is 5.97. The molecule has 2 aliphatic heterocycles. The van der Waals surface area contributed by atoms with E-state index in [1.807, 2.05) is 24.3 Å². The van der Waals surface area contributed by atoms with Gasteiger partial charge in [0.05, 0.1) is 12.2 Å². The van der Waals surface area contributed by atoms with Crippen molar-refractivity contribution in [1.29, 1.82) is 0 Å². The number of likely N-dealkylation sites (tertiary alicyclic amines) is 2. The summed E-state index contributed by atoms with van der Waals surface area (Å²) in [7, 11) is 0. The number of piperidine rings is 2. The third-order valence-corrected chi connectivity index (χ3v) is 7.39. The van der Waals surface area contributed by atoms with Gasteiger partial charge in [-0.1, -0.05) is 42.5 Å². The number of benzene rings is 2. The molecule has 2 aromatic rings. The summed E-state index contributed by atoms with van der Waals surface area (Å²) < 4.78 is 6.22. The fourth-order valence-electron chi connectivity index (χ4n) is 5.33. The number of amides is 1. The second-order valence-electron chi connectivity index (χ2n) is 10.1. The van der Waals surface area contributed by atoms with Crippen LogP contribution in [0.3, 0.4) is 0 Å². The number of nitrogens with zero attached hydrogens (tertiary/aromatic N) is 2. The van der Waals surface area contributed by atoms with Gasteiger partial charge >= 0.3 is 0 Å². The second kappa shape index (κ2) is 10.7. The predicted octanol–water partition coefficient (Wildman–Crippen LogP) is 4.33. The van der Waals surface area contributed by atoms with Gasteiger partial charge in [0.15, 0.2) is 0 Å². The highest BCUT2D eigenvalue weighted by Crippen LogP contribution is 2.27. The number of hydrogen-bond donors (Lipinski definition) is 1. The number of carbonyl (C=O) groups is 1. The summed E-state index contributed by atoms with van der Waals surface area (Å²) in [5.41, 5.74) is 2.08. The van der Waals surface area contributed by atoms with Gasteiger partial charge in [-0.15, -0.1) is 0 Å². The van der Waals surface area contributed by atoms with Gasteiger partial charge in [0, 0.05) is 31.1 Å². The zero-order chi connectivity index (χ0) is 22.5. The molecule has 176 valence electrons. The first kappa shape index (κ1) is 22.4. The van der Waals surface area contributed by atoms with E-state index in [2.05, 4.69) is 45.4 Å². The van der Waals surface area contributed by atoms with Gasteiger partial charge in [-0.25, -0.2) is 0 Å². The highest BCUT2D eigenvalue weighted by Gasteiger charge is 2.30. The molecule has 0 radical (unpaired) electrons. The first-order chi connectivity index (χ1) is 16.2. The van der Waals surface area contributed by atoms with Crippen molar-refractivity contribution in [3.05, 3.63) is 65.7 Å². The lowest BCUT2D eigenvalue weighted by atomic mass is 9.94. The smallest absolute Gasteiger partial charge is 0.255 e. The Balaban J connectivity index is 1.10. The molecule has 2 aromatic carbocycles. The van der Waals surface area contributed by atoms with E-state index in [1.54, 1.807) is 0 Å². The minimum atomic E-state index is 0.000586. The Morgan fingerprint density at radius 2 is 1.67 bits per heavy atom. The van der Waals surface area contributed by atoms with Crippen molar-refractivity contribution in [3.8, 4) is 5.75 Å². The summed E-state index contributed by atoms with van der Waals surface area (Å²) >= 11 is 0. The quantitative estimate of drug-likeness (QED) is 0.654. The number of para-hydroxylation sites is 1. The zero-order valence-corrected chi connectivity index (χ0v) is 19.6. The molecule has 0 aromatic heterocycles. The number of nitrogens with one attached hydrogen (secondary N) is 1. The van der Waals surface area contributed by atoms with Crippen LogP contribution in [0.15, 0.2) is 54.6 Å². The summed E-state index contributed by atoms with van der Waals surface area (Å²) in [5, 5.41) is 3.09. The van der Waals surface area contributed by atoms with Crippen LogP contribution >= 0.6 is 0 Å². The van der Waals surface area contributed by atoms with Crippen LogP contribution in [0, 0.1) is 5.92 Å². The fraction of sp³-hybridized carbons (Fsp3) is 0.536. The lowest BCUT2D eigenvalue weighted by Crippen LogP contribution is -2.49. The first-order valence-electron chi connectivity index (χ1n) is 12.8. The lowest BCUT2D eigenvalue weighted by molar-refractivity contribution is 0.0559. The molecule has 33 heavy (non-hydrogen) atoms. The van der Waals surface area contributed by atoms with Crippen LogP contribution in [0.1, 0.15) is 54.4 Å². The van der Waals surface area contributed by atoms with E-state index in [-0.39, 0.29) is 5.91 Å². The minimum Gasteiger partial charge on any atom is -0.492 e. The summed E-state index contributed by atoms with van der Waals surface area (Å²) in [6.45, 7) is 6.44. The number of hydrogen-bond acceptors (Lipinski definition) is 4. The Morgan fingerprint density at radius 3 is 2.45 bits per heavy atom. The molecule has 1 amide bonds. The summed E-state index contributed by atoms with van der Waals surface area (Å²) in [6, 6.07) is 19.6. The van der Waals surface area contributed by atoms with Gasteiger partial charge in [-0.3, -0.25) is 14.6 Å². The molecule has 3 aliphatic rings. The molecule has 1 unspecified atom stereocenters. The van der Waals surface area contributed by atoms with Crippen LogP contribution in [-0.4, -0.2) is 60.6 Å². The molecule has 1 aliphatic carbocycles. The highest BCUT2D eigenvalue weighted by atomic mass is 16.5. The molecule has 5 nitrogen and oxygen atoms in total. The van der Waals surface area contributed by atoms with Crippen LogP contribution in [0.5, 0.6) is 5.75 Å². The van der Waals surface area contributed by atoms with Gasteiger partial charge in [-0.05, 0) is 75.9 Å². The van der Waals surface area contributed by atoms with Crippen molar-refractivity contribution in [3.63, 3.8) is 0 Å². The van der Waals surface area contributed by atoms with Crippen molar-refractivity contribution in [1.82, 2.24) is 15.1 Å². The third kappa shape index (κ3) is 6.15. The summed E-state index contributed by atoms with van der Waals surface area (Å²) in [4.78, 5) is 17.9. The predicted molar refractivity (Wildman–Crippen MR) is 131 cm³/mol. The SMILES string of the molecule is O=C(NC1CC1)c1ccccc1OCC1CCCN(C2CCN(Cc3ccccc3)CC2)C1. The van der Waals surface area contributed by atoms with Crippen molar-refractivity contribution in [2.75, 3.05) is 32.8 Å². The molecule has 5 heteroatoms. The van der Waals surface area contributed by atoms with Gasteiger partial charge in [-0.2, -0.15) is 0 Å². The van der Waals surface area contributed by atoms with E-state index in [0.29, 0.717) is 30.2 Å². The maximum Gasteiger partial charge on any atom is 0.255 e. The Bertz CT molecular complexity index is 906. The minimum absolute atomic E-state index is 0.000586. The van der Waals surface area contributed by atoms with Crippen molar-refractivity contribution in [2.45, 2.75) is 57.2 Å². The van der Waals surface area contributed by atoms with Gasteiger partial charge < -0.3 is 10.1 Å². The second-order valence-corrected chi connectivity index (χ2v) is 10.1. The zero-order valence-electron chi connectivity index (χ0n) is 19.6. The van der Waals surface area contributed by atoms with Crippen LogP contribution in [0.25, 0.3) is 0 Å². The van der Waals surface area contributed by atoms with E-state index in [1.165, 1.54) is 50.9 Å². The van der Waals surface area contributed by atoms with Crippen LogP contribution in [-0.2, 0) is 6.54 Å². The Hall–Kier alpha value is -2.37. The molecular weight excluding hydrogens is 410 g/mol. The summed E-state index contributed by atoms with van der Waals surface area (Å²) in [6.07, 6.45) is 7.15. The molecule has 5 rings (SSSR count). The Morgan fingerprint density at radius 1 is 0.909 bits per heavy atom. The van der Waals surface area contributed by atoms with Crippen molar-refractivity contribution >= 4 is 5.91 Å². The molecule has 0 spiro atoms. The maximum absolute atomic E-state index is 12.6. The monoisotopic (exact) mass is 447 g/mol. The molecule has 1 saturated carbocycles. The molecule has 1 N–H and O–H groups in total. The van der Waals surface area contributed by atoms with E-state index in [4.69, 9.17) is 4.74 Å². The van der Waals surface area contributed by atoms with E-state index in [9.17, 15) is 4.79 Å². The average molecular weight is 448 g/mol. The van der Waals surface area contributed by atoms with Crippen LogP contribution in [0.2, 0.25) is 0 Å². The van der Waals surface area contributed by atoms with Crippen LogP contribution in [0.4, 0.5) is 0 Å². The summed E-state index contributed by atoms with van der Waals surface area (Å²) in [5.74, 6) is 1.25. The standard InChI is InChI=1S/C28H37N3O2/c32-28(29-24-12-13-24)26-10-4-5-11-27(26)33-21-23-9-6-16-31(20-23)25-14-17-30(18-15-25)19-22-7-2-1-3-8-22/h1-5,7-8,10-11,23-25H,6,9,12-21H2,(H,29,32). The fourth-order valence-corrected chi connectivity index (χ4v) is 5.33. The first-order valence-corrected chi connectivity index (χ1v) is 12.8. The normalized spacial score (nSPS) is 22.7. The van der Waals surface area contributed by atoms with Gasteiger partial charge in [0.25, 0.3) is 5.91 Å². The molecule has 3 fully saturated rings. The topological polar surface area (TPSA) is 44.8 Å². The van der Waals surface area contributed by atoms with Gasteiger partial charge in [0.1, 0.15) is 5.75 Å². The molecule has 0 bridgehead atoms. The average Bonchev–Trinajstić information content (AvgIpc) is 3.68. The van der Waals surface area contributed by atoms with E-state index >= 15 is 0 Å². The van der Waals surface area contributed by atoms with Crippen LogP contribution < -0.4 is 10.1 Å².